The summed E-state index contributed by atoms with van der Waals surface area (Å²) < 4.78 is 53.1. The monoisotopic (exact) mass is 383 g/mol. The summed E-state index contributed by atoms with van der Waals surface area (Å²) in [5.74, 6) is -4.09. The summed E-state index contributed by atoms with van der Waals surface area (Å²) in [7, 11) is -4.29. The maximum absolute atomic E-state index is 13.7. The molecule has 5 nitrogen and oxygen atoms in total. The highest BCUT2D eigenvalue weighted by Gasteiger charge is 2.37. The van der Waals surface area contributed by atoms with E-state index in [0.29, 0.717) is 25.3 Å². The molecule has 2 atom stereocenters. The molecule has 0 amide bonds. The van der Waals surface area contributed by atoms with Crippen molar-refractivity contribution in [2.45, 2.75) is 30.2 Å². The topological polar surface area (TPSA) is 83.5 Å². The smallest absolute Gasteiger partial charge is 0.308 e. The van der Waals surface area contributed by atoms with Crippen molar-refractivity contribution >= 4 is 31.9 Å². The molecule has 1 fully saturated rings. The molecule has 1 aromatic rings. The van der Waals surface area contributed by atoms with E-state index in [1.54, 1.807) is 0 Å². The van der Waals surface area contributed by atoms with Crippen LogP contribution in [0.2, 0.25) is 0 Å². The fourth-order valence-electron chi connectivity index (χ4n) is 2.44. The Bertz CT molecular complexity index is 657. The highest BCUT2D eigenvalue weighted by molar-refractivity contribution is 9.10. The van der Waals surface area contributed by atoms with E-state index in [-0.39, 0.29) is 4.47 Å². The normalized spacial score (nSPS) is 22.4. The molecule has 0 radical (unpaired) electrons. The molecular weight excluding hydrogens is 372 g/mol. The molecule has 0 spiro atoms. The Hall–Kier alpha value is -1.06. The van der Waals surface area contributed by atoms with Crippen molar-refractivity contribution in [3.05, 3.63) is 28.2 Å². The van der Waals surface area contributed by atoms with Crippen LogP contribution in [0.1, 0.15) is 19.3 Å². The number of halogens is 3. The van der Waals surface area contributed by atoms with Crippen molar-refractivity contribution in [2.24, 2.45) is 5.92 Å². The van der Waals surface area contributed by atoms with E-state index >= 15 is 0 Å². The molecule has 0 aliphatic heterocycles. The molecule has 1 aliphatic carbocycles. The van der Waals surface area contributed by atoms with Crippen LogP contribution in [-0.4, -0.2) is 25.5 Å². The highest BCUT2D eigenvalue weighted by atomic mass is 79.9. The SMILES string of the molecule is O=C(O)C1CCCC1NS(=O)(=O)c1c(F)cc(F)cc1Br. The number of carboxylic acids is 1. The molecule has 0 aromatic heterocycles. The second-order valence-electron chi connectivity index (χ2n) is 4.80. The summed E-state index contributed by atoms with van der Waals surface area (Å²) in [5, 5.41) is 9.03. The summed E-state index contributed by atoms with van der Waals surface area (Å²) in [5.41, 5.74) is 0. The van der Waals surface area contributed by atoms with Crippen LogP contribution >= 0.6 is 15.9 Å². The van der Waals surface area contributed by atoms with Crippen molar-refractivity contribution in [1.29, 1.82) is 0 Å². The average molecular weight is 384 g/mol. The minimum absolute atomic E-state index is 0.252. The van der Waals surface area contributed by atoms with Gasteiger partial charge in [0, 0.05) is 16.6 Å². The molecule has 9 heteroatoms. The van der Waals surface area contributed by atoms with Gasteiger partial charge in [-0.05, 0) is 34.8 Å². The van der Waals surface area contributed by atoms with E-state index in [4.69, 9.17) is 5.11 Å². The molecule has 2 unspecified atom stereocenters. The van der Waals surface area contributed by atoms with E-state index in [9.17, 15) is 22.0 Å². The second kappa shape index (κ2) is 5.98. The lowest BCUT2D eigenvalue weighted by Crippen LogP contribution is -2.40. The summed E-state index contributed by atoms with van der Waals surface area (Å²) in [6.07, 6.45) is 1.28. The van der Waals surface area contributed by atoms with Crippen molar-refractivity contribution in [2.75, 3.05) is 0 Å². The van der Waals surface area contributed by atoms with Gasteiger partial charge in [0.2, 0.25) is 10.0 Å². The van der Waals surface area contributed by atoms with Gasteiger partial charge in [0.05, 0.1) is 5.92 Å². The number of hydrogen-bond donors (Lipinski definition) is 2. The Labute approximate surface area is 128 Å². The zero-order chi connectivity index (χ0) is 15.8. The van der Waals surface area contributed by atoms with E-state index in [1.807, 2.05) is 0 Å². The van der Waals surface area contributed by atoms with Crippen LogP contribution in [0.15, 0.2) is 21.5 Å². The van der Waals surface area contributed by atoms with Gasteiger partial charge in [0.15, 0.2) is 0 Å². The number of hydrogen-bond acceptors (Lipinski definition) is 3. The number of sulfonamides is 1. The third kappa shape index (κ3) is 3.41. The first-order valence-electron chi connectivity index (χ1n) is 6.12. The van der Waals surface area contributed by atoms with Gasteiger partial charge in [-0.3, -0.25) is 4.79 Å². The number of carbonyl (C=O) groups is 1. The first-order chi connectivity index (χ1) is 9.72. The van der Waals surface area contributed by atoms with Gasteiger partial charge in [-0.15, -0.1) is 0 Å². The fourth-order valence-corrected chi connectivity index (χ4v) is 4.92. The fraction of sp³-hybridized carbons (Fsp3) is 0.417. The lowest BCUT2D eigenvalue weighted by atomic mass is 10.1. The molecule has 1 saturated carbocycles. The number of nitrogens with one attached hydrogen (secondary N) is 1. The standard InChI is InChI=1S/C12H12BrF2NO4S/c13-8-4-6(14)5-9(15)11(8)21(19,20)16-10-3-1-2-7(10)12(17)18/h4-5,7,10,16H,1-3H2,(H,17,18). The Morgan fingerprint density at radius 2 is 2.00 bits per heavy atom. The first kappa shape index (κ1) is 16.3. The largest absolute Gasteiger partial charge is 0.481 e. The van der Waals surface area contributed by atoms with Crippen molar-refractivity contribution < 1.29 is 27.1 Å². The van der Waals surface area contributed by atoms with Gasteiger partial charge in [-0.1, -0.05) is 6.42 Å². The van der Waals surface area contributed by atoms with Crippen LogP contribution in [0.5, 0.6) is 0 Å². The number of aliphatic carboxylic acids is 1. The average Bonchev–Trinajstić information content (AvgIpc) is 2.73. The Balaban J connectivity index is 2.33. The Morgan fingerprint density at radius 1 is 1.33 bits per heavy atom. The summed E-state index contributed by atoms with van der Waals surface area (Å²) in [6, 6.07) is 0.493. The zero-order valence-electron chi connectivity index (χ0n) is 10.6. The molecule has 0 bridgehead atoms. The Kier molecular flexibility index (Phi) is 4.64. The molecule has 21 heavy (non-hydrogen) atoms. The molecule has 2 N–H and O–H groups in total. The highest BCUT2D eigenvalue weighted by Crippen LogP contribution is 2.30. The van der Waals surface area contributed by atoms with Crippen LogP contribution in [0.25, 0.3) is 0 Å². The van der Waals surface area contributed by atoms with Crippen molar-refractivity contribution in [3.8, 4) is 0 Å². The molecule has 1 aromatic carbocycles. The van der Waals surface area contributed by atoms with Crippen molar-refractivity contribution in [3.63, 3.8) is 0 Å². The number of carboxylic acid groups (broad SMARTS) is 1. The van der Waals surface area contributed by atoms with Gasteiger partial charge in [0.1, 0.15) is 16.5 Å². The predicted octanol–water partition coefficient (Wildman–Crippen LogP) is 2.26. The van der Waals surface area contributed by atoms with Gasteiger partial charge < -0.3 is 5.11 Å². The molecular formula is C12H12BrF2NO4S. The van der Waals surface area contributed by atoms with Crippen LogP contribution in [0.3, 0.4) is 0 Å². The minimum Gasteiger partial charge on any atom is -0.481 e. The first-order valence-corrected chi connectivity index (χ1v) is 8.39. The predicted molar refractivity (Wildman–Crippen MR) is 73.1 cm³/mol. The number of benzene rings is 1. The molecule has 116 valence electrons. The van der Waals surface area contributed by atoms with Crippen LogP contribution in [0, 0.1) is 17.6 Å². The zero-order valence-corrected chi connectivity index (χ0v) is 13.0. The maximum Gasteiger partial charge on any atom is 0.308 e. The minimum atomic E-state index is -4.29. The van der Waals surface area contributed by atoms with Crippen LogP contribution < -0.4 is 4.72 Å². The lowest BCUT2D eigenvalue weighted by molar-refractivity contribution is -0.141. The van der Waals surface area contributed by atoms with Crippen LogP contribution in [0.4, 0.5) is 8.78 Å². The van der Waals surface area contributed by atoms with Gasteiger partial charge in [0.25, 0.3) is 0 Å². The van der Waals surface area contributed by atoms with E-state index < -0.39 is 44.5 Å². The van der Waals surface area contributed by atoms with Crippen molar-refractivity contribution in [1.82, 2.24) is 4.72 Å². The van der Waals surface area contributed by atoms with Gasteiger partial charge in [-0.25, -0.2) is 21.9 Å². The maximum atomic E-state index is 13.7. The van der Waals surface area contributed by atoms with E-state index in [2.05, 4.69) is 20.7 Å². The molecule has 2 rings (SSSR count). The Morgan fingerprint density at radius 3 is 2.57 bits per heavy atom. The van der Waals surface area contributed by atoms with E-state index in [0.717, 1.165) is 6.07 Å². The summed E-state index contributed by atoms with van der Waals surface area (Å²) in [6.45, 7) is 0. The summed E-state index contributed by atoms with van der Waals surface area (Å²) >= 11 is 2.81. The van der Waals surface area contributed by atoms with Gasteiger partial charge in [-0.2, -0.15) is 0 Å². The third-order valence-corrected chi connectivity index (χ3v) is 5.82. The van der Waals surface area contributed by atoms with Crippen LogP contribution in [-0.2, 0) is 14.8 Å². The molecule has 1 aliphatic rings. The molecule has 0 heterocycles. The summed E-state index contributed by atoms with van der Waals surface area (Å²) in [4.78, 5) is 10.3. The molecule has 0 saturated heterocycles. The van der Waals surface area contributed by atoms with E-state index in [1.165, 1.54) is 0 Å². The number of rotatable bonds is 4. The lowest BCUT2D eigenvalue weighted by Gasteiger charge is -2.18. The van der Waals surface area contributed by atoms with Gasteiger partial charge >= 0.3 is 5.97 Å². The second-order valence-corrected chi connectivity index (χ2v) is 7.31. The third-order valence-electron chi connectivity index (χ3n) is 3.37. The quantitative estimate of drug-likeness (QED) is 0.834.